The molecule has 0 fully saturated rings. The second-order valence-corrected chi connectivity index (χ2v) is 3.48. The molecular weight excluding hydrogens is 248 g/mol. The van der Waals surface area contributed by atoms with E-state index in [-0.39, 0.29) is 23.5 Å². The molecule has 0 spiro atoms. The molecule has 5 heteroatoms. The van der Waals surface area contributed by atoms with Gasteiger partial charge in [-0.05, 0) is 19.1 Å². The summed E-state index contributed by atoms with van der Waals surface area (Å²) >= 11 is 0. The third kappa shape index (κ3) is 3.75. The lowest BCUT2D eigenvalue weighted by molar-refractivity contribution is -0.141. The molecule has 0 aliphatic heterocycles. The number of phenols is 1. The lowest BCUT2D eigenvalue weighted by atomic mass is 10.1. The van der Waals surface area contributed by atoms with Gasteiger partial charge in [0.1, 0.15) is 6.42 Å². The molecule has 19 heavy (non-hydrogen) atoms. The monoisotopic (exact) mass is 262 g/mol. The molecule has 0 atom stereocenters. The molecule has 5 nitrogen and oxygen atoms in total. The zero-order chi connectivity index (χ0) is 14.3. The maximum Gasteiger partial charge on any atom is 0.317 e. The van der Waals surface area contributed by atoms with Crippen LogP contribution in [0, 0.1) is 11.8 Å². The van der Waals surface area contributed by atoms with Crippen LogP contribution in [0.1, 0.15) is 29.3 Å². The van der Waals surface area contributed by atoms with Crippen molar-refractivity contribution in [1.29, 1.82) is 0 Å². The van der Waals surface area contributed by atoms with Crippen LogP contribution in [0.2, 0.25) is 0 Å². The number of hydrogen-bond donors (Lipinski definition) is 1. The molecule has 0 bridgehead atoms. The second-order valence-electron chi connectivity index (χ2n) is 3.48. The summed E-state index contributed by atoms with van der Waals surface area (Å²) in [5, 5.41) is 9.75. The molecular formula is C14H14O5. The first kappa shape index (κ1) is 14.6. The highest BCUT2D eigenvalue weighted by atomic mass is 16.5. The number of ether oxygens (including phenoxy) is 2. The number of aldehydes is 1. The maximum absolute atomic E-state index is 11.1. The summed E-state index contributed by atoms with van der Waals surface area (Å²) < 4.78 is 9.60. The van der Waals surface area contributed by atoms with E-state index in [4.69, 9.17) is 9.47 Å². The summed E-state index contributed by atoms with van der Waals surface area (Å²) in [7, 11) is 1.38. The Bertz CT molecular complexity index is 537. The normalized spacial score (nSPS) is 9.16. The average molecular weight is 262 g/mol. The SMILES string of the molecule is CCOC(=O)CC#Cc1ccc(OC)c(O)c1C=O. The predicted molar refractivity (Wildman–Crippen MR) is 68.2 cm³/mol. The summed E-state index contributed by atoms with van der Waals surface area (Å²) in [6.07, 6.45) is 0.422. The van der Waals surface area contributed by atoms with Gasteiger partial charge in [0.15, 0.2) is 17.8 Å². The summed E-state index contributed by atoms with van der Waals surface area (Å²) in [5.41, 5.74) is 0.369. The van der Waals surface area contributed by atoms with Crippen molar-refractivity contribution in [3.63, 3.8) is 0 Å². The molecule has 0 saturated heterocycles. The van der Waals surface area contributed by atoms with E-state index in [1.165, 1.54) is 13.2 Å². The molecule has 0 heterocycles. The van der Waals surface area contributed by atoms with Gasteiger partial charge in [-0.25, -0.2) is 0 Å². The standard InChI is InChI=1S/C14H14O5/c1-3-19-13(16)6-4-5-10-7-8-12(18-2)14(17)11(10)9-15/h7-9,17H,3,6H2,1-2H3. The van der Waals surface area contributed by atoms with E-state index in [1.807, 2.05) is 0 Å². The molecule has 1 aromatic rings. The zero-order valence-corrected chi connectivity index (χ0v) is 10.7. The zero-order valence-electron chi connectivity index (χ0n) is 10.7. The number of esters is 1. The van der Waals surface area contributed by atoms with Crippen molar-refractivity contribution >= 4 is 12.3 Å². The molecule has 0 amide bonds. The molecule has 0 aliphatic carbocycles. The van der Waals surface area contributed by atoms with Gasteiger partial charge in [0.05, 0.1) is 19.3 Å². The van der Waals surface area contributed by atoms with Gasteiger partial charge in [-0.3, -0.25) is 9.59 Å². The summed E-state index contributed by atoms with van der Waals surface area (Å²) in [5.74, 6) is 4.74. The van der Waals surface area contributed by atoms with E-state index < -0.39 is 5.97 Å². The van der Waals surface area contributed by atoms with E-state index in [1.54, 1.807) is 13.0 Å². The Hall–Kier alpha value is -2.48. The third-order valence-corrected chi connectivity index (χ3v) is 2.28. The molecule has 0 aromatic heterocycles. The van der Waals surface area contributed by atoms with Crippen molar-refractivity contribution in [2.45, 2.75) is 13.3 Å². The Labute approximate surface area is 111 Å². The largest absolute Gasteiger partial charge is 0.504 e. The van der Waals surface area contributed by atoms with Crippen LogP contribution in [-0.4, -0.2) is 31.1 Å². The highest BCUT2D eigenvalue weighted by Gasteiger charge is 2.11. The van der Waals surface area contributed by atoms with Gasteiger partial charge < -0.3 is 14.6 Å². The number of carbonyl (C=O) groups excluding carboxylic acids is 2. The lowest BCUT2D eigenvalue weighted by Crippen LogP contribution is -2.01. The fourth-order valence-corrected chi connectivity index (χ4v) is 1.40. The summed E-state index contributed by atoms with van der Waals surface area (Å²) in [4.78, 5) is 22.0. The number of phenolic OH excluding ortho intramolecular Hbond substituents is 1. The Morgan fingerprint density at radius 3 is 2.79 bits per heavy atom. The van der Waals surface area contributed by atoms with Gasteiger partial charge in [0.25, 0.3) is 0 Å². The highest BCUT2D eigenvalue weighted by molar-refractivity contribution is 5.85. The maximum atomic E-state index is 11.1. The van der Waals surface area contributed by atoms with Crippen molar-refractivity contribution < 1.29 is 24.2 Å². The quantitative estimate of drug-likeness (QED) is 0.506. The van der Waals surface area contributed by atoms with E-state index in [2.05, 4.69) is 11.8 Å². The second kappa shape index (κ2) is 7.07. The van der Waals surface area contributed by atoms with Crippen LogP contribution in [0.3, 0.4) is 0 Å². The molecule has 0 aliphatic rings. The van der Waals surface area contributed by atoms with E-state index >= 15 is 0 Å². The Morgan fingerprint density at radius 2 is 2.21 bits per heavy atom. The number of rotatable bonds is 4. The highest BCUT2D eigenvalue weighted by Crippen LogP contribution is 2.30. The summed E-state index contributed by atoms with van der Waals surface area (Å²) in [6.45, 7) is 2.00. The first-order valence-electron chi connectivity index (χ1n) is 5.63. The topological polar surface area (TPSA) is 72.8 Å². The minimum Gasteiger partial charge on any atom is -0.504 e. The smallest absolute Gasteiger partial charge is 0.317 e. The number of methoxy groups -OCH3 is 1. The van der Waals surface area contributed by atoms with Crippen LogP contribution < -0.4 is 4.74 Å². The van der Waals surface area contributed by atoms with Crippen molar-refractivity contribution in [1.82, 2.24) is 0 Å². The predicted octanol–water partition coefficient (Wildman–Crippen LogP) is 1.52. The van der Waals surface area contributed by atoms with E-state index in [0.29, 0.717) is 18.5 Å². The fourth-order valence-electron chi connectivity index (χ4n) is 1.40. The molecule has 0 saturated carbocycles. The molecule has 0 unspecified atom stereocenters. The van der Waals surface area contributed by atoms with Crippen LogP contribution in [0.15, 0.2) is 12.1 Å². The molecule has 100 valence electrons. The average Bonchev–Trinajstić information content (AvgIpc) is 2.39. The molecule has 1 aromatic carbocycles. The van der Waals surface area contributed by atoms with Crippen LogP contribution in [0.25, 0.3) is 0 Å². The molecule has 1 rings (SSSR count). The van der Waals surface area contributed by atoms with Gasteiger partial charge in [-0.2, -0.15) is 0 Å². The van der Waals surface area contributed by atoms with Gasteiger partial charge in [0, 0.05) is 5.56 Å². The Kier molecular flexibility index (Phi) is 5.42. The number of benzene rings is 1. The number of hydrogen-bond acceptors (Lipinski definition) is 5. The summed E-state index contributed by atoms with van der Waals surface area (Å²) in [6, 6.07) is 3.04. The first-order valence-corrected chi connectivity index (χ1v) is 5.63. The molecule has 0 radical (unpaired) electrons. The first-order chi connectivity index (χ1) is 9.13. The van der Waals surface area contributed by atoms with E-state index in [9.17, 15) is 14.7 Å². The number of carbonyl (C=O) groups is 2. The van der Waals surface area contributed by atoms with Gasteiger partial charge >= 0.3 is 5.97 Å². The third-order valence-electron chi connectivity index (χ3n) is 2.28. The van der Waals surface area contributed by atoms with Crippen LogP contribution >= 0.6 is 0 Å². The van der Waals surface area contributed by atoms with Gasteiger partial charge in [-0.15, -0.1) is 0 Å². The van der Waals surface area contributed by atoms with Crippen molar-refractivity contribution in [3.8, 4) is 23.3 Å². The minimum atomic E-state index is -0.430. The lowest BCUT2D eigenvalue weighted by Gasteiger charge is -2.06. The van der Waals surface area contributed by atoms with Gasteiger partial charge in [0.2, 0.25) is 0 Å². The Balaban J connectivity index is 2.96. The van der Waals surface area contributed by atoms with Crippen molar-refractivity contribution in [2.24, 2.45) is 0 Å². The van der Waals surface area contributed by atoms with Gasteiger partial charge in [-0.1, -0.05) is 11.8 Å². The van der Waals surface area contributed by atoms with Crippen molar-refractivity contribution in [2.75, 3.05) is 13.7 Å². The molecule has 1 N–H and O–H groups in total. The Morgan fingerprint density at radius 1 is 1.47 bits per heavy atom. The van der Waals surface area contributed by atoms with Crippen LogP contribution in [0.4, 0.5) is 0 Å². The fraction of sp³-hybridized carbons (Fsp3) is 0.286. The van der Waals surface area contributed by atoms with Crippen LogP contribution in [0.5, 0.6) is 11.5 Å². The number of aromatic hydroxyl groups is 1. The van der Waals surface area contributed by atoms with Crippen molar-refractivity contribution in [3.05, 3.63) is 23.3 Å². The van der Waals surface area contributed by atoms with Crippen LogP contribution in [-0.2, 0) is 9.53 Å². The van der Waals surface area contributed by atoms with E-state index in [0.717, 1.165) is 0 Å². The minimum absolute atomic E-state index is 0.0377.